The van der Waals surface area contributed by atoms with Crippen molar-refractivity contribution < 1.29 is 0 Å². The van der Waals surface area contributed by atoms with Crippen molar-refractivity contribution in [3.05, 3.63) is 11.9 Å². The molecule has 0 bridgehead atoms. The lowest BCUT2D eigenvalue weighted by Crippen LogP contribution is -2.28. The number of aromatic nitrogens is 3. The van der Waals surface area contributed by atoms with Crippen LogP contribution in [0.4, 0.5) is 0 Å². The van der Waals surface area contributed by atoms with Crippen molar-refractivity contribution in [2.45, 2.75) is 26.8 Å². The molecule has 1 aromatic heterocycles. The van der Waals surface area contributed by atoms with Crippen molar-refractivity contribution in [2.24, 2.45) is 18.2 Å². The van der Waals surface area contributed by atoms with E-state index in [0.717, 1.165) is 5.69 Å². The fourth-order valence-electron chi connectivity index (χ4n) is 1.02. The summed E-state index contributed by atoms with van der Waals surface area (Å²) < 4.78 is 1.72. The molecule has 0 amide bonds. The maximum absolute atomic E-state index is 6.02. The van der Waals surface area contributed by atoms with Gasteiger partial charge in [-0.1, -0.05) is 26.0 Å². The van der Waals surface area contributed by atoms with Gasteiger partial charge in [0.05, 0.1) is 17.9 Å². The molecule has 0 saturated heterocycles. The minimum atomic E-state index is -0.0162. The first kappa shape index (κ1) is 9.19. The minimum Gasteiger partial charge on any atom is -0.322 e. The first-order chi connectivity index (χ1) is 5.43. The zero-order valence-electron chi connectivity index (χ0n) is 8.07. The quantitative estimate of drug-likeness (QED) is 0.676. The van der Waals surface area contributed by atoms with Gasteiger partial charge in [-0.2, -0.15) is 0 Å². The second-order valence-corrected chi connectivity index (χ2v) is 4.13. The van der Waals surface area contributed by atoms with Crippen molar-refractivity contribution in [3.63, 3.8) is 0 Å². The predicted molar refractivity (Wildman–Crippen MR) is 47.4 cm³/mol. The highest BCUT2D eigenvalue weighted by Gasteiger charge is 2.24. The fourth-order valence-corrected chi connectivity index (χ4v) is 1.02. The van der Waals surface area contributed by atoms with Gasteiger partial charge in [-0.3, -0.25) is 4.68 Å². The van der Waals surface area contributed by atoms with Gasteiger partial charge in [0.15, 0.2) is 0 Å². The van der Waals surface area contributed by atoms with Crippen LogP contribution < -0.4 is 5.73 Å². The number of nitrogens with two attached hydrogens (primary N) is 1. The molecular formula is C8H16N4. The van der Waals surface area contributed by atoms with Crippen molar-refractivity contribution >= 4 is 0 Å². The zero-order chi connectivity index (χ0) is 9.35. The van der Waals surface area contributed by atoms with E-state index in [1.54, 1.807) is 10.9 Å². The largest absolute Gasteiger partial charge is 0.322 e. The molecular weight excluding hydrogens is 152 g/mol. The summed E-state index contributed by atoms with van der Waals surface area (Å²) in [4.78, 5) is 0. The lowest BCUT2D eigenvalue weighted by molar-refractivity contribution is 0.314. The SMILES string of the molecule is Cn1nncc1C(N)C(C)(C)C. The van der Waals surface area contributed by atoms with E-state index in [0.29, 0.717) is 0 Å². The highest BCUT2D eigenvalue weighted by molar-refractivity contribution is 5.04. The molecule has 4 heteroatoms. The summed E-state index contributed by atoms with van der Waals surface area (Å²) in [5, 5.41) is 7.63. The Hall–Kier alpha value is -0.900. The van der Waals surface area contributed by atoms with Crippen LogP contribution in [0.5, 0.6) is 0 Å². The van der Waals surface area contributed by atoms with Gasteiger partial charge in [0.25, 0.3) is 0 Å². The van der Waals surface area contributed by atoms with Crippen LogP contribution in [0, 0.1) is 5.41 Å². The maximum Gasteiger partial charge on any atom is 0.0756 e. The van der Waals surface area contributed by atoms with E-state index in [9.17, 15) is 0 Å². The summed E-state index contributed by atoms with van der Waals surface area (Å²) in [7, 11) is 1.86. The summed E-state index contributed by atoms with van der Waals surface area (Å²) in [6.45, 7) is 6.31. The van der Waals surface area contributed by atoms with Gasteiger partial charge < -0.3 is 5.73 Å². The van der Waals surface area contributed by atoms with Crippen LogP contribution >= 0.6 is 0 Å². The fraction of sp³-hybridized carbons (Fsp3) is 0.750. The van der Waals surface area contributed by atoms with Crippen LogP contribution in [0.1, 0.15) is 32.5 Å². The topological polar surface area (TPSA) is 56.7 Å². The highest BCUT2D eigenvalue weighted by atomic mass is 15.4. The lowest BCUT2D eigenvalue weighted by atomic mass is 9.86. The second-order valence-electron chi connectivity index (χ2n) is 4.13. The van der Waals surface area contributed by atoms with Gasteiger partial charge in [-0.05, 0) is 5.41 Å². The summed E-state index contributed by atoms with van der Waals surface area (Å²) in [6.07, 6.45) is 1.72. The molecule has 0 aromatic carbocycles. The molecule has 2 N–H and O–H groups in total. The number of hydrogen-bond acceptors (Lipinski definition) is 3. The van der Waals surface area contributed by atoms with Crippen LogP contribution in [0.25, 0.3) is 0 Å². The van der Waals surface area contributed by atoms with Gasteiger partial charge >= 0.3 is 0 Å². The Morgan fingerprint density at radius 1 is 1.50 bits per heavy atom. The summed E-state index contributed by atoms with van der Waals surface area (Å²) in [5.74, 6) is 0. The standard InChI is InChI=1S/C8H16N4/c1-8(2,3)7(9)6-5-10-11-12(6)4/h5,7H,9H2,1-4H3. The number of hydrogen-bond donors (Lipinski definition) is 1. The normalized spacial score (nSPS) is 14.8. The Labute approximate surface area is 72.8 Å². The minimum absolute atomic E-state index is 0.0162. The van der Waals surface area contributed by atoms with E-state index in [2.05, 4.69) is 31.1 Å². The zero-order valence-corrected chi connectivity index (χ0v) is 8.07. The van der Waals surface area contributed by atoms with Gasteiger partial charge in [-0.15, -0.1) is 5.10 Å². The van der Waals surface area contributed by atoms with E-state index in [-0.39, 0.29) is 11.5 Å². The Morgan fingerprint density at radius 3 is 2.42 bits per heavy atom. The third kappa shape index (κ3) is 1.64. The molecule has 0 fully saturated rings. The summed E-state index contributed by atoms with van der Waals surface area (Å²) in [5.41, 5.74) is 7.04. The highest BCUT2D eigenvalue weighted by Crippen LogP contribution is 2.29. The van der Waals surface area contributed by atoms with Gasteiger partial charge in [0.1, 0.15) is 0 Å². The monoisotopic (exact) mass is 168 g/mol. The lowest BCUT2D eigenvalue weighted by Gasteiger charge is -2.26. The van der Waals surface area contributed by atoms with Crippen LogP contribution in [-0.2, 0) is 7.05 Å². The number of rotatable bonds is 1. The van der Waals surface area contributed by atoms with E-state index < -0.39 is 0 Å². The molecule has 0 radical (unpaired) electrons. The van der Waals surface area contributed by atoms with Crippen molar-refractivity contribution in [3.8, 4) is 0 Å². The summed E-state index contributed by atoms with van der Waals surface area (Å²) in [6, 6.07) is -0.0162. The molecule has 0 saturated carbocycles. The average Bonchev–Trinajstić information content (AvgIpc) is 2.31. The van der Waals surface area contributed by atoms with Crippen LogP contribution in [0.3, 0.4) is 0 Å². The smallest absolute Gasteiger partial charge is 0.0756 e. The van der Waals surface area contributed by atoms with E-state index in [1.165, 1.54) is 0 Å². The molecule has 0 aliphatic carbocycles. The van der Waals surface area contributed by atoms with Crippen molar-refractivity contribution in [1.29, 1.82) is 0 Å². The summed E-state index contributed by atoms with van der Waals surface area (Å²) >= 11 is 0. The third-order valence-electron chi connectivity index (χ3n) is 2.00. The first-order valence-electron chi connectivity index (χ1n) is 4.03. The van der Waals surface area contributed by atoms with E-state index in [1.807, 2.05) is 7.05 Å². The molecule has 1 unspecified atom stereocenters. The van der Waals surface area contributed by atoms with Crippen LogP contribution in [-0.4, -0.2) is 15.0 Å². The number of nitrogens with zero attached hydrogens (tertiary/aromatic N) is 3. The maximum atomic E-state index is 6.02. The van der Waals surface area contributed by atoms with E-state index in [4.69, 9.17) is 5.73 Å². The molecule has 1 rings (SSSR count). The predicted octanol–water partition coefficient (Wildman–Crippen LogP) is 0.861. The second kappa shape index (κ2) is 2.86. The Kier molecular flexibility index (Phi) is 2.19. The molecule has 0 aliphatic heterocycles. The van der Waals surface area contributed by atoms with Crippen molar-refractivity contribution in [1.82, 2.24) is 15.0 Å². The van der Waals surface area contributed by atoms with Gasteiger partial charge in [-0.25, -0.2) is 0 Å². The molecule has 1 heterocycles. The molecule has 68 valence electrons. The third-order valence-corrected chi connectivity index (χ3v) is 2.00. The van der Waals surface area contributed by atoms with Crippen LogP contribution in [0.2, 0.25) is 0 Å². The van der Waals surface area contributed by atoms with Crippen LogP contribution in [0.15, 0.2) is 6.20 Å². The molecule has 4 nitrogen and oxygen atoms in total. The Balaban J connectivity index is 2.92. The number of aryl methyl sites for hydroxylation is 1. The Bertz CT molecular complexity index is 258. The van der Waals surface area contributed by atoms with Crippen molar-refractivity contribution in [2.75, 3.05) is 0 Å². The molecule has 1 atom stereocenters. The first-order valence-corrected chi connectivity index (χ1v) is 4.03. The van der Waals surface area contributed by atoms with E-state index >= 15 is 0 Å². The van der Waals surface area contributed by atoms with Gasteiger partial charge in [0, 0.05) is 7.05 Å². The average molecular weight is 168 g/mol. The van der Waals surface area contributed by atoms with Gasteiger partial charge in [0.2, 0.25) is 0 Å². The molecule has 0 aliphatic rings. The molecule has 0 spiro atoms. The molecule has 1 aromatic rings. The molecule has 12 heavy (non-hydrogen) atoms. The Morgan fingerprint density at radius 2 is 2.08 bits per heavy atom.